The molecule has 0 saturated carbocycles. The van der Waals surface area contributed by atoms with Crippen molar-refractivity contribution in [3.05, 3.63) is 48.2 Å². The van der Waals surface area contributed by atoms with E-state index in [4.69, 9.17) is 9.84 Å². The van der Waals surface area contributed by atoms with E-state index in [0.717, 1.165) is 11.3 Å². The number of anilines is 1. The maximum absolute atomic E-state index is 11.1. The van der Waals surface area contributed by atoms with Crippen molar-refractivity contribution in [1.29, 1.82) is 0 Å². The van der Waals surface area contributed by atoms with E-state index in [1.165, 1.54) is 0 Å². The third-order valence-electron chi connectivity index (χ3n) is 3.38. The van der Waals surface area contributed by atoms with Gasteiger partial charge in [-0.25, -0.2) is 14.3 Å². The normalized spacial score (nSPS) is 10.8. The summed E-state index contributed by atoms with van der Waals surface area (Å²) in [6.07, 6.45) is 1.68. The maximum Gasteiger partial charge on any atom is 0.335 e. The first-order valence-electron chi connectivity index (χ1n) is 7.10. The SMILES string of the molecule is COCCNc1ccc2ncc(-c3cccc(C(=O)O)c3)n2n1. The number of ether oxygens (including phenoxy) is 1. The van der Waals surface area contributed by atoms with Crippen LogP contribution in [0.5, 0.6) is 0 Å². The lowest BCUT2D eigenvalue weighted by Crippen LogP contribution is -2.10. The predicted molar refractivity (Wildman–Crippen MR) is 85.7 cm³/mol. The quantitative estimate of drug-likeness (QED) is 0.678. The van der Waals surface area contributed by atoms with Crippen LogP contribution in [0, 0.1) is 0 Å². The molecule has 0 bridgehead atoms. The van der Waals surface area contributed by atoms with Crippen LogP contribution in [0.15, 0.2) is 42.6 Å². The van der Waals surface area contributed by atoms with Gasteiger partial charge in [0.05, 0.1) is 24.1 Å². The van der Waals surface area contributed by atoms with Gasteiger partial charge in [-0.15, -0.1) is 5.10 Å². The van der Waals surface area contributed by atoms with Crippen LogP contribution in [-0.2, 0) is 4.74 Å². The van der Waals surface area contributed by atoms with Gasteiger partial charge >= 0.3 is 5.97 Å². The maximum atomic E-state index is 11.1. The molecular weight excluding hydrogens is 296 g/mol. The second-order valence-corrected chi connectivity index (χ2v) is 4.94. The molecule has 2 N–H and O–H groups in total. The van der Waals surface area contributed by atoms with E-state index < -0.39 is 5.97 Å². The average Bonchev–Trinajstić information content (AvgIpc) is 2.98. The van der Waals surface area contributed by atoms with E-state index in [-0.39, 0.29) is 5.56 Å². The molecule has 7 heteroatoms. The lowest BCUT2D eigenvalue weighted by molar-refractivity contribution is 0.0697. The molecule has 118 valence electrons. The molecule has 0 aliphatic rings. The molecule has 0 fully saturated rings. The lowest BCUT2D eigenvalue weighted by Gasteiger charge is -2.07. The molecule has 0 aliphatic heterocycles. The zero-order valence-corrected chi connectivity index (χ0v) is 12.6. The van der Waals surface area contributed by atoms with Crippen LogP contribution in [-0.4, -0.2) is 45.9 Å². The first kappa shape index (κ1) is 15.0. The van der Waals surface area contributed by atoms with Crippen molar-refractivity contribution in [1.82, 2.24) is 14.6 Å². The van der Waals surface area contributed by atoms with Gasteiger partial charge in [-0.2, -0.15) is 0 Å². The second-order valence-electron chi connectivity index (χ2n) is 4.94. The first-order valence-corrected chi connectivity index (χ1v) is 7.10. The number of methoxy groups -OCH3 is 1. The summed E-state index contributed by atoms with van der Waals surface area (Å²) in [7, 11) is 1.64. The third-order valence-corrected chi connectivity index (χ3v) is 3.38. The minimum atomic E-state index is -0.962. The van der Waals surface area contributed by atoms with Gasteiger partial charge in [-0.1, -0.05) is 12.1 Å². The Morgan fingerprint density at radius 3 is 3.00 bits per heavy atom. The number of benzene rings is 1. The monoisotopic (exact) mass is 312 g/mol. The van der Waals surface area contributed by atoms with Crippen LogP contribution in [0.4, 0.5) is 5.82 Å². The molecule has 0 aliphatic carbocycles. The van der Waals surface area contributed by atoms with Gasteiger partial charge in [-0.3, -0.25) is 0 Å². The summed E-state index contributed by atoms with van der Waals surface area (Å²) in [5.41, 5.74) is 2.40. The van der Waals surface area contributed by atoms with Gasteiger partial charge in [-0.05, 0) is 24.3 Å². The summed E-state index contributed by atoms with van der Waals surface area (Å²) in [6, 6.07) is 10.4. The van der Waals surface area contributed by atoms with E-state index in [2.05, 4.69) is 15.4 Å². The zero-order valence-electron chi connectivity index (χ0n) is 12.6. The molecule has 23 heavy (non-hydrogen) atoms. The number of nitrogens with zero attached hydrogens (tertiary/aromatic N) is 3. The number of nitrogens with one attached hydrogen (secondary N) is 1. The summed E-state index contributed by atoms with van der Waals surface area (Å²) >= 11 is 0. The molecule has 1 aromatic carbocycles. The Hall–Kier alpha value is -2.93. The molecule has 0 unspecified atom stereocenters. The standard InChI is InChI=1S/C16H16N4O3/c1-23-8-7-17-14-5-6-15-18-10-13(20(15)19-14)11-3-2-4-12(9-11)16(21)22/h2-6,9-10H,7-8H2,1H3,(H,17,19)(H,21,22). The number of hydrogen-bond donors (Lipinski definition) is 2. The molecule has 0 spiro atoms. The molecule has 7 nitrogen and oxygen atoms in total. The lowest BCUT2D eigenvalue weighted by atomic mass is 10.1. The number of imidazole rings is 1. The fraction of sp³-hybridized carbons (Fsp3) is 0.188. The average molecular weight is 312 g/mol. The fourth-order valence-corrected chi connectivity index (χ4v) is 2.26. The van der Waals surface area contributed by atoms with Gasteiger partial charge < -0.3 is 15.2 Å². The van der Waals surface area contributed by atoms with Crippen molar-refractivity contribution >= 4 is 17.4 Å². The molecule has 3 rings (SSSR count). The van der Waals surface area contributed by atoms with Crippen molar-refractivity contribution in [2.75, 3.05) is 25.6 Å². The summed E-state index contributed by atoms with van der Waals surface area (Å²) in [6.45, 7) is 1.23. The summed E-state index contributed by atoms with van der Waals surface area (Å²) < 4.78 is 6.69. The molecule has 3 aromatic rings. The Bertz CT molecular complexity index is 844. The van der Waals surface area contributed by atoms with Gasteiger partial charge in [0.1, 0.15) is 5.82 Å². The number of hydrogen-bond acceptors (Lipinski definition) is 5. The van der Waals surface area contributed by atoms with E-state index in [9.17, 15) is 4.79 Å². The highest BCUT2D eigenvalue weighted by Gasteiger charge is 2.10. The van der Waals surface area contributed by atoms with Crippen molar-refractivity contribution in [3.8, 4) is 11.3 Å². The number of carbonyl (C=O) groups is 1. The van der Waals surface area contributed by atoms with Gasteiger partial charge in [0.25, 0.3) is 0 Å². The highest BCUT2D eigenvalue weighted by atomic mass is 16.5. The molecule has 2 aromatic heterocycles. The molecule has 0 radical (unpaired) electrons. The highest BCUT2D eigenvalue weighted by molar-refractivity contribution is 5.89. The van der Waals surface area contributed by atoms with Crippen molar-refractivity contribution < 1.29 is 14.6 Å². The van der Waals surface area contributed by atoms with E-state index in [0.29, 0.717) is 24.6 Å². The largest absolute Gasteiger partial charge is 0.478 e. The van der Waals surface area contributed by atoms with Crippen molar-refractivity contribution in [2.24, 2.45) is 0 Å². The zero-order chi connectivity index (χ0) is 16.2. The molecule has 0 saturated heterocycles. The number of fused-ring (bicyclic) bond motifs is 1. The topological polar surface area (TPSA) is 88.8 Å². The van der Waals surface area contributed by atoms with Crippen molar-refractivity contribution in [2.45, 2.75) is 0 Å². The summed E-state index contributed by atoms with van der Waals surface area (Å²) in [5, 5.41) is 16.8. The van der Waals surface area contributed by atoms with Gasteiger partial charge in [0.15, 0.2) is 5.65 Å². The Kier molecular flexibility index (Phi) is 4.20. The highest BCUT2D eigenvalue weighted by Crippen LogP contribution is 2.22. The Labute approximate surface area is 132 Å². The first-order chi connectivity index (χ1) is 11.2. The van der Waals surface area contributed by atoms with Crippen LogP contribution < -0.4 is 5.32 Å². The van der Waals surface area contributed by atoms with Crippen LogP contribution >= 0.6 is 0 Å². The van der Waals surface area contributed by atoms with Crippen LogP contribution in [0.2, 0.25) is 0 Å². The minimum Gasteiger partial charge on any atom is -0.478 e. The summed E-state index contributed by atoms with van der Waals surface area (Å²) in [5.74, 6) is -0.265. The number of carboxylic acid groups (broad SMARTS) is 1. The van der Waals surface area contributed by atoms with Crippen LogP contribution in [0.3, 0.4) is 0 Å². The molecule has 2 heterocycles. The number of carboxylic acids is 1. The summed E-state index contributed by atoms with van der Waals surface area (Å²) in [4.78, 5) is 15.4. The second kappa shape index (κ2) is 6.45. The predicted octanol–water partition coefficient (Wildman–Crippen LogP) is 2.15. The Morgan fingerprint density at radius 2 is 2.22 bits per heavy atom. The fourth-order valence-electron chi connectivity index (χ4n) is 2.26. The van der Waals surface area contributed by atoms with Crippen LogP contribution in [0.25, 0.3) is 16.9 Å². The number of rotatable bonds is 6. The number of aromatic nitrogens is 3. The minimum absolute atomic E-state index is 0.229. The number of aromatic carboxylic acids is 1. The van der Waals surface area contributed by atoms with E-state index in [1.54, 1.807) is 36.0 Å². The Morgan fingerprint density at radius 1 is 1.35 bits per heavy atom. The Balaban J connectivity index is 1.99. The molecular formula is C16H16N4O3. The molecule has 0 atom stereocenters. The van der Waals surface area contributed by atoms with Crippen molar-refractivity contribution in [3.63, 3.8) is 0 Å². The van der Waals surface area contributed by atoms with Gasteiger partial charge in [0, 0.05) is 19.2 Å². The van der Waals surface area contributed by atoms with Crippen LogP contribution in [0.1, 0.15) is 10.4 Å². The van der Waals surface area contributed by atoms with E-state index >= 15 is 0 Å². The van der Waals surface area contributed by atoms with E-state index in [1.807, 2.05) is 18.2 Å². The van der Waals surface area contributed by atoms with Gasteiger partial charge in [0.2, 0.25) is 0 Å². The smallest absolute Gasteiger partial charge is 0.335 e. The third kappa shape index (κ3) is 3.14. The molecule has 0 amide bonds.